The van der Waals surface area contributed by atoms with Crippen LogP contribution in [0.5, 0.6) is 0 Å². The van der Waals surface area contributed by atoms with Gasteiger partial charge in [-0.15, -0.1) is 0 Å². The van der Waals surface area contributed by atoms with Crippen molar-refractivity contribution < 1.29 is 38.7 Å². The number of carbonyl (C=O) groups is 1. The van der Waals surface area contributed by atoms with Gasteiger partial charge in [-0.05, 0) is 105 Å². The monoisotopic (exact) mass is 457 g/mol. The first-order chi connectivity index (χ1) is 13.6. The second kappa shape index (κ2) is 8.82. The van der Waals surface area contributed by atoms with E-state index < -0.39 is 0 Å². The Bertz CT molecular complexity index is 641. The van der Waals surface area contributed by atoms with E-state index in [4.69, 9.17) is 0 Å². The van der Waals surface area contributed by atoms with Crippen molar-refractivity contribution in [2.75, 3.05) is 0 Å². The molecule has 0 bridgehead atoms. The number of hydrogen-bond donors (Lipinski definition) is 3. The van der Waals surface area contributed by atoms with Gasteiger partial charge in [-0.25, -0.2) is 0 Å². The molecule has 0 aromatic carbocycles. The predicted molar refractivity (Wildman–Crippen MR) is 113 cm³/mol. The summed E-state index contributed by atoms with van der Waals surface area (Å²) in [7, 11) is 0. The smallest absolute Gasteiger partial charge is 0.129 e. The molecule has 4 saturated carbocycles. The zero-order valence-electron chi connectivity index (χ0n) is 19.3. The SMILES string of the molecule is CC(=O)CCC(C)C1CCC2C3C(O)CC4CC(O)CCC4(C)C3CC(O)C12C.[V]. The van der Waals surface area contributed by atoms with Crippen molar-refractivity contribution in [2.45, 2.75) is 104 Å². The minimum absolute atomic E-state index is 0. The first kappa shape index (κ1) is 24.8. The van der Waals surface area contributed by atoms with Crippen LogP contribution >= 0.6 is 0 Å². The van der Waals surface area contributed by atoms with Gasteiger partial charge in [0.1, 0.15) is 5.78 Å². The zero-order chi connectivity index (χ0) is 21.1. The molecule has 4 nitrogen and oxygen atoms in total. The molecule has 4 rings (SSSR count). The van der Waals surface area contributed by atoms with Gasteiger partial charge in [-0.1, -0.05) is 20.8 Å². The molecule has 3 N–H and O–H groups in total. The van der Waals surface area contributed by atoms with Crippen molar-refractivity contribution in [1.29, 1.82) is 0 Å². The molecule has 4 fully saturated rings. The van der Waals surface area contributed by atoms with Crippen LogP contribution in [0, 0.1) is 46.3 Å². The minimum Gasteiger partial charge on any atom is -0.393 e. The van der Waals surface area contributed by atoms with E-state index in [2.05, 4.69) is 20.8 Å². The molecule has 4 aliphatic carbocycles. The normalized spacial score (nSPS) is 51.2. The fourth-order valence-electron chi connectivity index (χ4n) is 8.76. The number of fused-ring (bicyclic) bond motifs is 5. The number of aliphatic hydroxyl groups excluding tert-OH is 3. The predicted octanol–water partition coefficient (Wildman–Crippen LogP) is 3.95. The third-order valence-corrected chi connectivity index (χ3v) is 10.5. The minimum atomic E-state index is -0.337. The summed E-state index contributed by atoms with van der Waals surface area (Å²) in [6, 6.07) is 0. The van der Waals surface area contributed by atoms with E-state index in [0.29, 0.717) is 36.0 Å². The summed E-state index contributed by atoms with van der Waals surface area (Å²) in [5, 5.41) is 33.0. The molecule has 0 aromatic rings. The van der Waals surface area contributed by atoms with Crippen LogP contribution in [-0.4, -0.2) is 39.4 Å². The third kappa shape index (κ3) is 3.77. The molecule has 0 heterocycles. The fourth-order valence-corrected chi connectivity index (χ4v) is 8.76. The van der Waals surface area contributed by atoms with Crippen LogP contribution in [0.15, 0.2) is 0 Å². The van der Waals surface area contributed by atoms with Gasteiger partial charge >= 0.3 is 0 Å². The van der Waals surface area contributed by atoms with Gasteiger partial charge in [0, 0.05) is 25.0 Å². The summed E-state index contributed by atoms with van der Waals surface area (Å²) < 4.78 is 0. The Morgan fingerprint density at radius 1 is 1.03 bits per heavy atom. The number of ketones is 1. The van der Waals surface area contributed by atoms with E-state index in [9.17, 15) is 20.1 Å². The number of hydrogen-bond acceptors (Lipinski definition) is 4. The Hall–Kier alpha value is 0.134. The third-order valence-electron chi connectivity index (χ3n) is 10.5. The summed E-state index contributed by atoms with van der Waals surface area (Å²) in [6.07, 6.45) is 7.12. The molecule has 1 radical (unpaired) electrons. The quantitative estimate of drug-likeness (QED) is 0.597. The molecule has 4 aliphatic rings. The Labute approximate surface area is 194 Å². The van der Waals surface area contributed by atoms with E-state index >= 15 is 0 Å². The number of aliphatic hydroxyl groups is 3. The average Bonchev–Trinajstić information content (AvgIpc) is 3.01. The standard InChI is InChI=1S/C25H42O4.V/c1-14(5-6-15(2)26)18-7-8-19-23-20(13-22(29)25(18,19)4)24(3)10-9-17(27)11-16(24)12-21(23)28;/h14,16-23,27-29H,5-13H2,1-4H3;. The van der Waals surface area contributed by atoms with Crippen LogP contribution in [0.1, 0.15) is 85.5 Å². The van der Waals surface area contributed by atoms with Gasteiger partial charge in [0.2, 0.25) is 0 Å². The first-order valence-electron chi connectivity index (χ1n) is 12.1. The largest absolute Gasteiger partial charge is 0.393 e. The maximum Gasteiger partial charge on any atom is 0.129 e. The van der Waals surface area contributed by atoms with Crippen LogP contribution in [-0.2, 0) is 23.4 Å². The Morgan fingerprint density at radius 3 is 2.40 bits per heavy atom. The molecular formula is C25H42O4V. The Balaban J connectivity index is 0.00000256. The Kier molecular flexibility index (Phi) is 7.28. The number of carbonyl (C=O) groups excluding carboxylic acids is 1. The van der Waals surface area contributed by atoms with Crippen molar-refractivity contribution in [1.82, 2.24) is 0 Å². The number of Topliss-reactive ketones (excluding diaryl/α,β-unsaturated/α-hetero) is 1. The molecule has 0 saturated heterocycles. The first-order valence-corrected chi connectivity index (χ1v) is 12.1. The Morgan fingerprint density at radius 2 is 1.73 bits per heavy atom. The van der Waals surface area contributed by atoms with Crippen LogP contribution in [0.4, 0.5) is 0 Å². The molecule has 5 heteroatoms. The maximum atomic E-state index is 11.5. The summed E-state index contributed by atoms with van der Waals surface area (Å²) in [6.45, 7) is 8.59. The summed E-state index contributed by atoms with van der Waals surface area (Å²) in [4.78, 5) is 11.5. The van der Waals surface area contributed by atoms with Gasteiger partial charge in [-0.2, -0.15) is 0 Å². The van der Waals surface area contributed by atoms with Gasteiger partial charge in [0.05, 0.1) is 18.3 Å². The molecular weight excluding hydrogens is 415 g/mol. The van der Waals surface area contributed by atoms with Gasteiger partial charge in [-0.3, -0.25) is 0 Å². The molecule has 0 aromatic heterocycles. The van der Waals surface area contributed by atoms with Crippen LogP contribution in [0.25, 0.3) is 0 Å². The van der Waals surface area contributed by atoms with Crippen molar-refractivity contribution in [3.05, 3.63) is 0 Å². The van der Waals surface area contributed by atoms with E-state index in [1.165, 1.54) is 0 Å². The molecule has 11 atom stereocenters. The molecule has 0 spiro atoms. The van der Waals surface area contributed by atoms with Crippen LogP contribution < -0.4 is 0 Å². The van der Waals surface area contributed by atoms with E-state index in [1.807, 2.05) is 0 Å². The van der Waals surface area contributed by atoms with Crippen LogP contribution in [0.3, 0.4) is 0 Å². The van der Waals surface area contributed by atoms with E-state index in [0.717, 1.165) is 51.4 Å². The molecule has 171 valence electrons. The van der Waals surface area contributed by atoms with Gasteiger partial charge < -0.3 is 20.1 Å². The average molecular weight is 458 g/mol. The molecule has 30 heavy (non-hydrogen) atoms. The van der Waals surface area contributed by atoms with Crippen molar-refractivity contribution >= 4 is 5.78 Å². The van der Waals surface area contributed by atoms with Crippen molar-refractivity contribution in [3.63, 3.8) is 0 Å². The maximum absolute atomic E-state index is 11.5. The molecule has 11 unspecified atom stereocenters. The second-order valence-electron chi connectivity index (χ2n) is 11.7. The van der Waals surface area contributed by atoms with Crippen molar-refractivity contribution in [3.8, 4) is 0 Å². The molecule has 0 amide bonds. The fraction of sp³-hybridized carbons (Fsp3) is 0.960. The molecule has 0 aliphatic heterocycles. The summed E-state index contributed by atoms with van der Waals surface area (Å²) in [5.41, 5.74) is -0.0283. The summed E-state index contributed by atoms with van der Waals surface area (Å²) >= 11 is 0. The van der Waals surface area contributed by atoms with Crippen LogP contribution in [0.2, 0.25) is 0 Å². The second-order valence-corrected chi connectivity index (χ2v) is 11.7. The van der Waals surface area contributed by atoms with Gasteiger partial charge in [0.15, 0.2) is 0 Å². The van der Waals surface area contributed by atoms with Gasteiger partial charge in [0.25, 0.3) is 0 Å². The number of rotatable bonds is 4. The topological polar surface area (TPSA) is 77.8 Å². The van der Waals surface area contributed by atoms with E-state index in [1.54, 1.807) is 6.92 Å². The zero-order valence-corrected chi connectivity index (χ0v) is 20.7. The van der Waals surface area contributed by atoms with E-state index in [-0.39, 0.29) is 59.4 Å². The van der Waals surface area contributed by atoms with Crippen molar-refractivity contribution in [2.24, 2.45) is 46.3 Å². The summed E-state index contributed by atoms with van der Waals surface area (Å²) in [5.74, 6) is 2.45.